The molecule has 5 heteroatoms. The lowest BCUT2D eigenvalue weighted by Gasteiger charge is -2.50. The van der Waals surface area contributed by atoms with Crippen molar-refractivity contribution >= 4 is 0 Å². The Morgan fingerprint density at radius 1 is 0.800 bits per heavy atom. The maximum Gasteiger partial charge on any atom is 0.352 e. The second kappa shape index (κ2) is 3.19. The lowest BCUT2D eigenvalue weighted by Crippen LogP contribution is -2.53. The monoisotopic (exact) mass is 333 g/mol. The van der Waals surface area contributed by atoms with E-state index in [-0.39, 0.29) is 11.4 Å². The van der Waals surface area contributed by atoms with Crippen LogP contribution in [0.15, 0.2) is 39.9 Å². The van der Waals surface area contributed by atoms with Crippen LogP contribution in [0.3, 0.4) is 0 Å². The van der Waals surface area contributed by atoms with Crippen LogP contribution in [0.5, 0.6) is 0 Å². The summed E-state index contributed by atoms with van der Waals surface area (Å²) in [5.74, 6) is 3.03. The fraction of sp³-hybridized carbons (Fsp3) is 0.600. The Kier molecular flexibility index (Phi) is 1.58. The molecule has 9 rings (SSSR count). The van der Waals surface area contributed by atoms with Gasteiger partial charge in [0.15, 0.2) is 0 Å². The summed E-state index contributed by atoms with van der Waals surface area (Å²) < 4.78 is 5.28. The molecule has 5 fully saturated rings. The van der Waals surface area contributed by atoms with Gasteiger partial charge in [0.25, 0.3) is 0 Å². The second-order valence-electron chi connectivity index (χ2n) is 9.31. The van der Waals surface area contributed by atoms with Gasteiger partial charge in [0.05, 0.1) is 17.8 Å². The molecule has 7 aliphatic rings. The van der Waals surface area contributed by atoms with E-state index in [9.17, 15) is 9.59 Å². The molecule has 25 heavy (non-hydrogen) atoms. The van der Waals surface area contributed by atoms with Gasteiger partial charge in [-0.05, 0) is 48.6 Å². The van der Waals surface area contributed by atoms with E-state index in [1.165, 1.54) is 30.3 Å². The number of para-hydroxylation sites is 1. The van der Waals surface area contributed by atoms with Crippen LogP contribution in [0.4, 0.5) is 0 Å². The third-order valence-electron chi connectivity index (χ3n) is 9.23. The Bertz CT molecular complexity index is 1040. The fourth-order valence-corrected chi connectivity index (χ4v) is 9.09. The SMILES string of the molecule is O=c1n(-c2ccccc2)c(=O)n2n1[C@H]1[C@H]3C4C5[C@@]16CCCC[C@]56[C@H]2[C@@H]43. The zero-order chi connectivity index (χ0) is 16.3. The molecule has 3 heterocycles. The minimum atomic E-state index is -0.101. The zero-order valence-electron chi connectivity index (χ0n) is 13.8. The summed E-state index contributed by atoms with van der Waals surface area (Å²) in [6, 6.07) is 10.1. The van der Waals surface area contributed by atoms with Gasteiger partial charge in [0, 0.05) is 10.8 Å². The average Bonchev–Trinajstić information content (AvgIpc) is 3.41. The average molecular weight is 333 g/mol. The van der Waals surface area contributed by atoms with E-state index in [0.717, 1.165) is 11.8 Å². The van der Waals surface area contributed by atoms with Crippen LogP contribution in [0.1, 0.15) is 37.8 Å². The van der Waals surface area contributed by atoms with E-state index in [1.807, 2.05) is 39.7 Å². The molecule has 126 valence electrons. The van der Waals surface area contributed by atoms with Gasteiger partial charge in [0.2, 0.25) is 0 Å². The van der Waals surface area contributed by atoms with E-state index >= 15 is 0 Å². The van der Waals surface area contributed by atoms with Crippen LogP contribution >= 0.6 is 0 Å². The Labute approximate surface area is 143 Å². The van der Waals surface area contributed by atoms with Crippen molar-refractivity contribution in [3.8, 4) is 5.69 Å². The third kappa shape index (κ3) is 0.876. The molecule has 0 amide bonds. The van der Waals surface area contributed by atoms with Crippen molar-refractivity contribution in [3.63, 3.8) is 0 Å². The van der Waals surface area contributed by atoms with E-state index in [0.29, 0.717) is 40.4 Å². The van der Waals surface area contributed by atoms with Gasteiger partial charge in [-0.25, -0.2) is 23.5 Å². The van der Waals surface area contributed by atoms with Crippen molar-refractivity contribution in [2.24, 2.45) is 34.5 Å². The number of aromatic nitrogens is 3. The summed E-state index contributed by atoms with van der Waals surface area (Å²) in [6.45, 7) is 0. The van der Waals surface area contributed by atoms with Crippen molar-refractivity contribution in [2.45, 2.75) is 37.8 Å². The summed E-state index contributed by atoms with van der Waals surface area (Å²) in [7, 11) is 0. The molecule has 2 aliphatic heterocycles. The van der Waals surface area contributed by atoms with Gasteiger partial charge in [-0.3, -0.25) is 0 Å². The lowest BCUT2D eigenvalue weighted by molar-refractivity contribution is -0.0241. The smallest absolute Gasteiger partial charge is 0.245 e. The van der Waals surface area contributed by atoms with Crippen molar-refractivity contribution in [1.29, 1.82) is 0 Å². The van der Waals surface area contributed by atoms with Crippen LogP contribution in [0.2, 0.25) is 0 Å². The predicted molar refractivity (Wildman–Crippen MR) is 89.7 cm³/mol. The van der Waals surface area contributed by atoms with Crippen LogP contribution in [-0.4, -0.2) is 13.9 Å². The van der Waals surface area contributed by atoms with Gasteiger partial charge in [-0.15, -0.1) is 0 Å². The van der Waals surface area contributed by atoms with Gasteiger partial charge in [-0.2, -0.15) is 0 Å². The Hall–Kier alpha value is -2.04. The summed E-state index contributed by atoms with van der Waals surface area (Å²) in [6.07, 6.45) is 5.19. The molecule has 0 N–H and O–H groups in total. The molecule has 1 aromatic heterocycles. The highest BCUT2D eigenvalue weighted by Crippen LogP contribution is 3.04. The largest absolute Gasteiger partial charge is 0.352 e. The highest BCUT2D eigenvalue weighted by atomic mass is 16.2. The second-order valence-corrected chi connectivity index (χ2v) is 9.31. The van der Waals surface area contributed by atoms with Gasteiger partial charge in [0.1, 0.15) is 0 Å². The Morgan fingerprint density at radius 2 is 1.36 bits per heavy atom. The lowest BCUT2D eigenvalue weighted by atomic mass is 9.65. The molecule has 0 saturated heterocycles. The van der Waals surface area contributed by atoms with Crippen LogP contribution in [0, 0.1) is 34.5 Å². The quantitative estimate of drug-likeness (QED) is 0.801. The molecule has 2 spiro atoms. The van der Waals surface area contributed by atoms with E-state index in [2.05, 4.69) is 0 Å². The van der Waals surface area contributed by atoms with Crippen LogP contribution < -0.4 is 11.4 Å². The molecular formula is C20H19N3O2. The molecule has 1 aromatic carbocycles. The van der Waals surface area contributed by atoms with Crippen molar-refractivity contribution < 1.29 is 0 Å². The van der Waals surface area contributed by atoms with Crippen molar-refractivity contribution in [3.05, 3.63) is 51.3 Å². The number of rotatable bonds is 1. The fourth-order valence-electron chi connectivity index (χ4n) is 9.09. The van der Waals surface area contributed by atoms with Crippen molar-refractivity contribution in [1.82, 2.24) is 13.9 Å². The first-order valence-electron chi connectivity index (χ1n) is 9.77. The molecule has 5 aliphatic carbocycles. The van der Waals surface area contributed by atoms with Gasteiger partial charge < -0.3 is 0 Å². The number of nitrogens with zero attached hydrogens (tertiary/aromatic N) is 3. The van der Waals surface area contributed by atoms with Gasteiger partial charge in [-0.1, -0.05) is 31.0 Å². The first-order valence-corrected chi connectivity index (χ1v) is 9.77. The number of hydrogen-bond donors (Lipinski definition) is 0. The highest BCUT2D eigenvalue weighted by Gasteiger charge is 3.02. The number of benzene rings is 1. The van der Waals surface area contributed by atoms with Crippen LogP contribution in [-0.2, 0) is 0 Å². The summed E-state index contributed by atoms with van der Waals surface area (Å²) in [5.41, 5.74) is 1.25. The minimum Gasteiger partial charge on any atom is -0.245 e. The minimum absolute atomic E-state index is 0.101. The Balaban J connectivity index is 1.47. The molecule has 2 bridgehead atoms. The standard InChI is InChI=1S/C20H19N3O2/c24-17-21(10-6-2-1-3-7-10)18(25)23-16-13-11-12(13)15(22(17)23)19-8-4-5-9-20(16,19)14(11)19/h1-3,6-7,11-16H,4-5,8-9H2/t11?,12-,13-,14?,15-,16+,19-,20+/m0/s1. The highest BCUT2D eigenvalue weighted by molar-refractivity contribution is 5.49. The third-order valence-corrected chi connectivity index (χ3v) is 9.23. The van der Waals surface area contributed by atoms with Gasteiger partial charge >= 0.3 is 11.4 Å². The maximum atomic E-state index is 13.3. The first kappa shape index (κ1) is 12.3. The summed E-state index contributed by atoms with van der Waals surface area (Å²) in [5, 5.41) is 0. The Morgan fingerprint density at radius 3 is 1.92 bits per heavy atom. The van der Waals surface area contributed by atoms with E-state index in [4.69, 9.17) is 0 Å². The maximum absolute atomic E-state index is 13.3. The molecule has 2 aromatic rings. The van der Waals surface area contributed by atoms with E-state index < -0.39 is 0 Å². The number of hydrogen-bond acceptors (Lipinski definition) is 2. The molecule has 0 radical (unpaired) electrons. The topological polar surface area (TPSA) is 48.9 Å². The molecule has 8 atom stereocenters. The van der Waals surface area contributed by atoms with Crippen LogP contribution in [0.25, 0.3) is 5.69 Å². The summed E-state index contributed by atoms with van der Waals surface area (Å²) in [4.78, 5) is 26.7. The first-order chi connectivity index (χ1) is 12.2. The molecular weight excluding hydrogens is 314 g/mol. The molecule has 5 saturated carbocycles. The normalized spacial score (nSPS) is 51.2. The van der Waals surface area contributed by atoms with E-state index in [1.54, 1.807) is 0 Å². The van der Waals surface area contributed by atoms with Crippen molar-refractivity contribution in [2.75, 3.05) is 0 Å². The molecule has 5 nitrogen and oxygen atoms in total. The summed E-state index contributed by atoms with van der Waals surface area (Å²) >= 11 is 0. The predicted octanol–water partition coefficient (Wildman–Crippen LogP) is 1.96. The molecule has 2 unspecified atom stereocenters. The zero-order valence-corrected chi connectivity index (χ0v) is 13.8.